The van der Waals surface area contributed by atoms with Crippen LogP contribution in [0.1, 0.15) is 12.5 Å². The maximum atomic E-state index is 5.99. The van der Waals surface area contributed by atoms with E-state index >= 15 is 0 Å². The van der Waals surface area contributed by atoms with Crippen LogP contribution in [0.3, 0.4) is 0 Å². The highest BCUT2D eigenvalue weighted by Gasteiger charge is 2.19. The van der Waals surface area contributed by atoms with E-state index in [0.29, 0.717) is 22.4 Å². The molecule has 1 unspecified atom stereocenters. The second-order valence-corrected chi connectivity index (χ2v) is 8.50. The van der Waals surface area contributed by atoms with Crippen LogP contribution in [0.2, 0.25) is 10.0 Å². The standard InChI is InChI=1S/C9H10Cl3O2PS/c1-3-13-15(12,16)14-9-6(2)4-7(10)5-8(9)11/h4-5H,3H2,1-2H3. The second kappa shape index (κ2) is 5.90. The average Bonchev–Trinajstić information content (AvgIpc) is 2.11. The minimum Gasteiger partial charge on any atom is -0.431 e. The molecule has 16 heavy (non-hydrogen) atoms. The van der Waals surface area contributed by atoms with Crippen molar-refractivity contribution in [3.05, 3.63) is 27.7 Å². The van der Waals surface area contributed by atoms with Crippen LogP contribution >= 0.6 is 40.3 Å². The second-order valence-electron chi connectivity index (χ2n) is 2.97. The molecular weight excluding hydrogens is 309 g/mol. The number of hydrogen-bond donors (Lipinski definition) is 0. The molecule has 0 aliphatic carbocycles. The molecule has 0 spiro atoms. The normalized spacial score (nSPS) is 14.6. The fourth-order valence-electron chi connectivity index (χ4n) is 1.09. The van der Waals surface area contributed by atoms with E-state index in [2.05, 4.69) is 0 Å². The van der Waals surface area contributed by atoms with E-state index in [4.69, 9.17) is 55.3 Å². The molecule has 0 aliphatic heterocycles. The first-order chi connectivity index (χ1) is 7.35. The third kappa shape index (κ3) is 4.06. The highest BCUT2D eigenvalue weighted by atomic mass is 35.7. The van der Waals surface area contributed by atoms with Crippen molar-refractivity contribution in [2.45, 2.75) is 13.8 Å². The summed E-state index contributed by atoms with van der Waals surface area (Å²) in [6.07, 6.45) is 0. The zero-order valence-corrected chi connectivity index (χ0v) is 12.6. The highest BCUT2D eigenvalue weighted by Crippen LogP contribution is 2.55. The lowest BCUT2D eigenvalue weighted by atomic mass is 10.2. The van der Waals surface area contributed by atoms with Crippen LogP contribution in [-0.4, -0.2) is 6.61 Å². The summed E-state index contributed by atoms with van der Waals surface area (Å²) in [6.45, 7) is 4.00. The maximum absolute atomic E-state index is 5.99. The lowest BCUT2D eigenvalue weighted by Crippen LogP contribution is -1.94. The molecule has 7 heteroatoms. The summed E-state index contributed by atoms with van der Waals surface area (Å²) >= 11 is 22.8. The van der Waals surface area contributed by atoms with Crippen LogP contribution in [0.15, 0.2) is 12.1 Å². The summed E-state index contributed by atoms with van der Waals surface area (Å²) in [7, 11) is 0. The topological polar surface area (TPSA) is 18.5 Å². The van der Waals surface area contributed by atoms with Gasteiger partial charge in [-0.1, -0.05) is 23.2 Å². The van der Waals surface area contributed by atoms with Crippen molar-refractivity contribution in [1.82, 2.24) is 0 Å². The highest BCUT2D eigenvalue weighted by molar-refractivity contribution is 8.22. The van der Waals surface area contributed by atoms with E-state index in [1.54, 1.807) is 19.1 Å². The lowest BCUT2D eigenvalue weighted by molar-refractivity contribution is 0.343. The minimum atomic E-state index is -2.81. The maximum Gasteiger partial charge on any atom is 0.332 e. The SMILES string of the molecule is CCOP(=S)(Cl)Oc1c(C)cc(Cl)cc1Cl. The van der Waals surface area contributed by atoms with Gasteiger partial charge >= 0.3 is 5.84 Å². The number of hydrogen-bond acceptors (Lipinski definition) is 3. The quantitative estimate of drug-likeness (QED) is 0.712. The fraction of sp³-hybridized carbons (Fsp3) is 0.333. The van der Waals surface area contributed by atoms with E-state index in [9.17, 15) is 0 Å². The Morgan fingerprint density at radius 2 is 2.00 bits per heavy atom. The summed E-state index contributed by atoms with van der Waals surface area (Å²) in [6, 6.07) is 3.30. The third-order valence-electron chi connectivity index (χ3n) is 1.68. The predicted molar refractivity (Wildman–Crippen MR) is 73.6 cm³/mol. The van der Waals surface area contributed by atoms with Gasteiger partial charge in [0, 0.05) is 5.02 Å². The summed E-state index contributed by atoms with van der Waals surface area (Å²) in [4.78, 5) is 0. The molecule has 1 aromatic carbocycles. The molecule has 0 fully saturated rings. The number of halogens is 3. The van der Waals surface area contributed by atoms with Gasteiger partial charge in [0.25, 0.3) is 0 Å². The van der Waals surface area contributed by atoms with Crippen molar-refractivity contribution in [2.24, 2.45) is 0 Å². The van der Waals surface area contributed by atoms with E-state index in [-0.39, 0.29) is 0 Å². The Kier molecular flexibility index (Phi) is 5.37. The van der Waals surface area contributed by atoms with Crippen molar-refractivity contribution in [1.29, 1.82) is 0 Å². The molecule has 0 N–H and O–H groups in total. The van der Waals surface area contributed by atoms with Crippen molar-refractivity contribution in [3.8, 4) is 5.75 Å². The van der Waals surface area contributed by atoms with E-state index in [1.807, 2.05) is 6.92 Å². The minimum absolute atomic E-state index is 0.375. The molecule has 0 saturated carbocycles. The first kappa shape index (κ1) is 14.6. The zero-order valence-electron chi connectivity index (χ0n) is 8.67. The average molecular weight is 320 g/mol. The number of aryl methyl sites for hydroxylation is 1. The van der Waals surface area contributed by atoms with Crippen LogP contribution in [0, 0.1) is 6.92 Å². The molecule has 0 radical (unpaired) electrons. The zero-order chi connectivity index (χ0) is 12.3. The molecule has 1 atom stereocenters. The Morgan fingerprint density at radius 1 is 1.38 bits per heavy atom. The Morgan fingerprint density at radius 3 is 2.50 bits per heavy atom. The Labute approximate surface area is 115 Å². The van der Waals surface area contributed by atoms with E-state index < -0.39 is 5.84 Å². The van der Waals surface area contributed by atoms with Crippen molar-refractivity contribution in [2.75, 3.05) is 6.61 Å². The van der Waals surface area contributed by atoms with Crippen LogP contribution in [0.4, 0.5) is 0 Å². The molecule has 0 amide bonds. The fourth-order valence-corrected chi connectivity index (χ4v) is 3.64. The Balaban J connectivity index is 3.02. The third-order valence-corrected chi connectivity index (χ3v) is 4.18. The molecule has 2 nitrogen and oxygen atoms in total. The molecule has 90 valence electrons. The smallest absolute Gasteiger partial charge is 0.332 e. The van der Waals surface area contributed by atoms with Gasteiger partial charge in [0.2, 0.25) is 0 Å². The molecule has 0 aromatic heterocycles. The van der Waals surface area contributed by atoms with Gasteiger partial charge in [-0.25, -0.2) is 0 Å². The van der Waals surface area contributed by atoms with Gasteiger partial charge in [0.1, 0.15) is 5.75 Å². The molecule has 1 rings (SSSR count). The summed E-state index contributed by atoms with van der Waals surface area (Å²) < 4.78 is 10.6. The molecule has 0 aliphatic rings. The van der Waals surface area contributed by atoms with Gasteiger partial charge in [-0.2, -0.15) is 0 Å². The van der Waals surface area contributed by atoms with Crippen LogP contribution in [0.25, 0.3) is 0 Å². The first-order valence-electron chi connectivity index (χ1n) is 4.45. The van der Waals surface area contributed by atoms with Crippen molar-refractivity contribution >= 4 is 52.1 Å². The van der Waals surface area contributed by atoms with Crippen molar-refractivity contribution < 1.29 is 9.05 Å². The number of rotatable bonds is 4. The van der Waals surface area contributed by atoms with Crippen LogP contribution in [-0.2, 0) is 16.3 Å². The Bertz CT molecular complexity index is 416. The van der Waals surface area contributed by atoms with Crippen LogP contribution in [0.5, 0.6) is 5.75 Å². The molecular formula is C9H10Cl3O2PS. The van der Waals surface area contributed by atoms with Gasteiger partial charge in [0.15, 0.2) is 0 Å². The lowest BCUT2D eigenvalue weighted by Gasteiger charge is -2.17. The molecule has 1 aromatic rings. The first-order valence-corrected chi connectivity index (χ1v) is 8.75. The molecule has 0 heterocycles. The predicted octanol–water partition coefficient (Wildman–Crippen LogP) is 5.18. The van der Waals surface area contributed by atoms with E-state index in [1.165, 1.54) is 0 Å². The summed E-state index contributed by atoms with van der Waals surface area (Å²) in [5.41, 5.74) is 0.770. The summed E-state index contributed by atoms with van der Waals surface area (Å²) in [5, 5.41) is 0.911. The van der Waals surface area contributed by atoms with Gasteiger partial charge in [-0.3, -0.25) is 0 Å². The van der Waals surface area contributed by atoms with Crippen LogP contribution < -0.4 is 4.52 Å². The largest absolute Gasteiger partial charge is 0.431 e. The van der Waals surface area contributed by atoms with E-state index in [0.717, 1.165) is 5.56 Å². The molecule has 0 saturated heterocycles. The Hall–Kier alpha value is 0.500. The number of benzene rings is 1. The summed E-state index contributed by atoms with van der Waals surface area (Å²) in [5.74, 6) is -2.38. The van der Waals surface area contributed by atoms with Gasteiger partial charge in [-0.05, 0) is 54.6 Å². The monoisotopic (exact) mass is 318 g/mol. The van der Waals surface area contributed by atoms with Crippen molar-refractivity contribution in [3.63, 3.8) is 0 Å². The van der Waals surface area contributed by atoms with Gasteiger partial charge in [-0.15, -0.1) is 0 Å². The molecule has 0 bridgehead atoms. The van der Waals surface area contributed by atoms with Gasteiger partial charge < -0.3 is 9.05 Å². The van der Waals surface area contributed by atoms with Gasteiger partial charge in [0.05, 0.1) is 11.6 Å².